The number of hydrogen-bond acceptors (Lipinski definition) is 3. The molecule has 4 rings (SSSR count). The Bertz CT molecular complexity index is 503. The van der Waals surface area contributed by atoms with Crippen LogP contribution in [0.25, 0.3) is 0 Å². The summed E-state index contributed by atoms with van der Waals surface area (Å²) in [6.45, 7) is 4.34. The van der Waals surface area contributed by atoms with E-state index < -0.39 is 0 Å². The van der Waals surface area contributed by atoms with Gasteiger partial charge in [-0.15, -0.1) is 0 Å². The molecule has 0 radical (unpaired) electrons. The van der Waals surface area contributed by atoms with Crippen molar-refractivity contribution in [1.29, 1.82) is 0 Å². The summed E-state index contributed by atoms with van der Waals surface area (Å²) in [5, 5.41) is 14.6. The highest BCUT2D eigenvalue weighted by Crippen LogP contribution is 2.61. The zero-order valence-electron chi connectivity index (χ0n) is 13.0. The first kappa shape index (κ1) is 13.7. The summed E-state index contributed by atoms with van der Waals surface area (Å²) >= 11 is 0. The molecule has 4 nitrogen and oxygen atoms in total. The molecule has 0 saturated heterocycles. The van der Waals surface area contributed by atoms with Crippen molar-refractivity contribution in [3.8, 4) is 0 Å². The third-order valence-corrected chi connectivity index (χ3v) is 7.33. The van der Waals surface area contributed by atoms with E-state index in [4.69, 9.17) is 0 Å². The summed E-state index contributed by atoms with van der Waals surface area (Å²) in [5.74, 6) is 2.36. The van der Waals surface area contributed by atoms with Crippen LogP contribution in [0.5, 0.6) is 0 Å². The lowest BCUT2D eigenvalue weighted by atomic mass is 9.51. The molecule has 21 heavy (non-hydrogen) atoms. The molecule has 0 bridgehead atoms. The summed E-state index contributed by atoms with van der Waals surface area (Å²) in [7, 11) is 0. The van der Waals surface area contributed by atoms with Crippen LogP contribution in [0.1, 0.15) is 52.4 Å². The number of rotatable bonds is 0. The minimum atomic E-state index is -0.135. The largest absolute Gasteiger partial charge is 0.393 e. The van der Waals surface area contributed by atoms with Crippen molar-refractivity contribution in [3.05, 3.63) is 0 Å². The fourth-order valence-corrected chi connectivity index (χ4v) is 6.15. The molecule has 1 aliphatic heterocycles. The van der Waals surface area contributed by atoms with Gasteiger partial charge in [-0.3, -0.25) is 4.79 Å². The van der Waals surface area contributed by atoms with Gasteiger partial charge in [-0.05, 0) is 68.6 Å². The normalized spacial score (nSPS) is 52.3. The third-order valence-electron chi connectivity index (χ3n) is 7.33. The maximum atomic E-state index is 12.4. The Balaban J connectivity index is 1.66. The predicted octanol–water partition coefficient (Wildman–Crippen LogP) is 2.32. The minimum absolute atomic E-state index is 0.0995. The molecule has 0 aromatic heterocycles. The van der Waals surface area contributed by atoms with E-state index in [1.165, 1.54) is 6.42 Å². The highest BCUT2D eigenvalue weighted by atomic mass is 16.3. The number of nitrogens with one attached hydrogen (secondary N) is 1. The van der Waals surface area contributed by atoms with Crippen LogP contribution in [-0.2, 0) is 4.79 Å². The maximum absolute atomic E-state index is 12.4. The lowest BCUT2D eigenvalue weighted by Gasteiger charge is -2.54. The quantitative estimate of drug-likeness (QED) is 0.719. The summed E-state index contributed by atoms with van der Waals surface area (Å²) in [4.78, 5) is 12.4. The Kier molecular flexibility index (Phi) is 2.97. The van der Waals surface area contributed by atoms with E-state index in [2.05, 4.69) is 24.4 Å². The van der Waals surface area contributed by atoms with Gasteiger partial charge in [0.1, 0.15) is 0 Å². The van der Waals surface area contributed by atoms with E-state index in [-0.39, 0.29) is 23.3 Å². The maximum Gasteiger partial charge on any atom is 0.244 e. The van der Waals surface area contributed by atoms with Gasteiger partial charge in [0.15, 0.2) is 0 Å². The van der Waals surface area contributed by atoms with Crippen molar-refractivity contribution in [1.82, 2.24) is 5.43 Å². The molecule has 3 aliphatic carbocycles. The van der Waals surface area contributed by atoms with Gasteiger partial charge in [0, 0.05) is 11.6 Å². The van der Waals surface area contributed by atoms with Gasteiger partial charge in [-0.25, -0.2) is 5.43 Å². The highest BCUT2D eigenvalue weighted by molar-refractivity contribution is 5.94. The fraction of sp³-hybridized carbons (Fsp3) is 0.882. The van der Waals surface area contributed by atoms with Crippen molar-refractivity contribution in [2.24, 2.45) is 40.1 Å². The van der Waals surface area contributed by atoms with Crippen molar-refractivity contribution in [3.63, 3.8) is 0 Å². The lowest BCUT2D eigenvalue weighted by molar-refractivity contribution is -0.136. The molecule has 4 heteroatoms. The molecular formula is C17H26N2O2. The number of carbonyl (C=O) groups excluding carboxylic acids is 1. The van der Waals surface area contributed by atoms with Crippen molar-refractivity contribution in [2.75, 3.05) is 0 Å². The Morgan fingerprint density at radius 1 is 1.19 bits per heavy atom. The molecule has 1 unspecified atom stereocenters. The zero-order valence-corrected chi connectivity index (χ0v) is 13.0. The van der Waals surface area contributed by atoms with E-state index in [1.54, 1.807) is 0 Å². The molecular weight excluding hydrogens is 264 g/mol. The molecule has 0 aromatic carbocycles. The number of amides is 1. The van der Waals surface area contributed by atoms with E-state index in [1.807, 2.05) is 0 Å². The Morgan fingerprint density at radius 3 is 2.81 bits per heavy atom. The summed E-state index contributed by atoms with van der Waals surface area (Å²) < 4.78 is 0. The van der Waals surface area contributed by atoms with Crippen molar-refractivity contribution < 1.29 is 9.90 Å². The number of fused-ring (bicyclic) bond motifs is 5. The summed E-state index contributed by atoms with van der Waals surface area (Å²) in [5.41, 5.74) is 3.95. The van der Waals surface area contributed by atoms with Gasteiger partial charge in [0.05, 0.1) is 12.0 Å². The molecule has 3 fully saturated rings. The van der Waals surface area contributed by atoms with Gasteiger partial charge in [-0.2, -0.15) is 5.10 Å². The average molecular weight is 290 g/mol. The predicted molar refractivity (Wildman–Crippen MR) is 80.5 cm³/mol. The lowest BCUT2D eigenvalue weighted by Crippen LogP contribution is -2.54. The van der Waals surface area contributed by atoms with Gasteiger partial charge in [-0.1, -0.05) is 6.92 Å². The standard InChI is InChI=1S/C17H26N2O2/c1-9-10-3-4-11-12(15(10)16(21)19-18-9)7-8-17(2)13(11)5-6-14(17)20/h10-15,20H,3-8H2,1-2H3,(H,19,21)/t10-,11?,12-,13-,14-,15-,17-/m0/s1. The Hall–Kier alpha value is -0.900. The summed E-state index contributed by atoms with van der Waals surface area (Å²) in [6.07, 6.45) is 6.43. The van der Waals surface area contributed by atoms with Crippen LogP contribution in [0, 0.1) is 35.0 Å². The molecule has 0 spiro atoms. The van der Waals surface area contributed by atoms with E-state index in [0.717, 1.165) is 37.8 Å². The third kappa shape index (κ3) is 1.77. The first-order chi connectivity index (χ1) is 10.0. The van der Waals surface area contributed by atoms with Crippen LogP contribution in [0.4, 0.5) is 0 Å². The average Bonchev–Trinajstić information content (AvgIpc) is 2.78. The second-order valence-corrected chi connectivity index (χ2v) is 8.01. The second-order valence-electron chi connectivity index (χ2n) is 8.01. The van der Waals surface area contributed by atoms with E-state index >= 15 is 0 Å². The topological polar surface area (TPSA) is 61.7 Å². The number of hydrazone groups is 1. The molecule has 2 N–H and O–H groups in total. The van der Waals surface area contributed by atoms with E-state index in [9.17, 15) is 9.90 Å². The number of aliphatic hydroxyl groups is 1. The minimum Gasteiger partial charge on any atom is -0.393 e. The Morgan fingerprint density at radius 2 is 2.00 bits per heavy atom. The first-order valence-electron chi connectivity index (χ1n) is 8.54. The van der Waals surface area contributed by atoms with Crippen LogP contribution < -0.4 is 5.43 Å². The highest BCUT2D eigenvalue weighted by Gasteiger charge is 2.58. The molecule has 0 aromatic rings. The number of hydrogen-bond donors (Lipinski definition) is 2. The van der Waals surface area contributed by atoms with Gasteiger partial charge >= 0.3 is 0 Å². The van der Waals surface area contributed by atoms with Gasteiger partial charge < -0.3 is 5.11 Å². The molecule has 4 aliphatic rings. The number of aliphatic hydroxyl groups excluding tert-OH is 1. The van der Waals surface area contributed by atoms with Crippen LogP contribution in [-0.4, -0.2) is 22.8 Å². The number of carbonyl (C=O) groups is 1. The number of nitrogens with zero attached hydrogens (tertiary/aromatic N) is 1. The van der Waals surface area contributed by atoms with Crippen LogP contribution in [0.15, 0.2) is 5.10 Å². The SMILES string of the molecule is CC1=NNC(=O)[C@H]2[C@H]1CCC1[C@@H]2CC[C@]2(C)[C@@H](O)CC[C@@H]12. The molecule has 1 heterocycles. The fourth-order valence-electron chi connectivity index (χ4n) is 6.15. The summed E-state index contributed by atoms with van der Waals surface area (Å²) in [6, 6.07) is 0. The molecule has 1 amide bonds. The zero-order chi connectivity index (χ0) is 14.8. The van der Waals surface area contributed by atoms with Crippen molar-refractivity contribution in [2.45, 2.75) is 58.5 Å². The second kappa shape index (κ2) is 4.55. The van der Waals surface area contributed by atoms with Gasteiger partial charge in [0.25, 0.3) is 0 Å². The molecule has 116 valence electrons. The van der Waals surface area contributed by atoms with E-state index in [0.29, 0.717) is 23.7 Å². The molecule has 7 atom stereocenters. The van der Waals surface area contributed by atoms with Crippen LogP contribution in [0.3, 0.4) is 0 Å². The monoisotopic (exact) mass is 290 g/mol. The van der Waals surface area contributed by atoms with Crippen molar-refractivity contribution >= 4 is 11.6 Å². The molecule has 3 saturated carbocycles. The van der Waals surface area contributed by atoms with Crippen LogP contribution in [0.2, 0.25) is 0 Å². The Labute approximate surface area is 126 Å². The smallest absolute Gasteiger partial charge is 0.244 e. The van der Waals surface area contributed by atoms with Gasteiger partial charge in [0.2, 0.25) is 5.91 Å². The van der Waals surface area contributed by atoms with Crippen LogP contribution >= 0.6 is 0 Å². The first-order valence-corrected chi connectivity index (χ1v) is 8.54.